The van der Waals surface area contributed by atoms with Crippen LogP contribution in [0.15, 0.2) is 28.9 Å². The molecule has 1 amide bonds. The summed E-state index contributed by atoms with van der Waals surface area (Å²) in [6, 6.07) is 3.29. The number of nitrogens with zero attached hydrogens (tertiary/aromatic N) is 2. The minimum absolute atomic E-state index is 0.0142. The van der Waals surface area contributed by atoms with Crippen molar-refractivity contribution in [2.45, 2.75) is 6.92 Å². The molecule has 1 aromatic heterocycles. The van der Waals surface area contributed by atoms with Crippen LogP contribution in [0.5, 0.6) is 5.75 Å². The highest BCUT2D eigenvalue weighted by Crippen LogP contribution is 2.26. The van der Waals surface area contributed by atoms with Crippen LogP contribution in [0, 0.1) is 17.0 Å². The van der Waals surface area contributed by atoms with Crippen LogP contribution in [-0.2, 0) is 0 Å². The monoisotopic (exact) mass is 263 g/mol. The molecule has 8 heteroatoms. The summed E-state index contributed by atoms with van der Waals surface area (Å²) in [6.45, 7) is 1.69. The second-order valence-corrected chi connectivity index (χ2v) is 3.71. The highest BCUT2D eigenvalue weighted by Gasteiger charge is 2.17. The molecule has 0 aliphatic rings. The first kappa shape index (κ1) is 12.6. The number of aromatic hydroxyl groups is 1. The lowest BCUT2D eigenvalue weighted by atomic mass is 10.2. The Morgan fingerprint density at radius 3 is 2.79 bits per heavy atom. The lowest BCUT2D eigenvalue weighted by Crippen LogP contribution is -2.12. The second-order valence-electron chi connectivity index (χ2n) is 3.71. The number of nitro benzene ring substituents is 1. The van der Waals surface area contributed by atoms with Gasteiger partial charge in [0.25, 0.3) is 5.91 Å². The maximum Gasteiger partial charge on any atom is 0.310 e. The Hall–Kier alpha value is -2.90. The second kappa shape index (κ2) is 4.77. The molecular formula is C11H9N3O5. The SMILES string of the molecule is Cc1coc(NC(=O)c2ccc([N+](=O)[O-])c(O)c2)n1. The van der Waals surface area contributed by atoms with Gasteiger partial charge >= 0.3 is 11.7 Å². The standard InChI is InChI=1S/C11H9N3O5/c1-6-5-19-11(12-6)13-10(16)7-2-3-8(14(17)18)9(15)4-7/h2-5,15H,1H3,(H,12,13,16). The third-order valence-corrected chi connectivity index (χ3v) is 2.27. The van der Waals surface area contributed by atoms with Crippen LogP contribution >= 0.6 is 0 Å². The van der Waals surface area contributed by atoms with Crippen molar-refractivity contribution in [2.75, 3.05) is 5.32 Å². The van der Waals surface area contributed by atoms with Crippen molar-refractivity contribution in [3.63, 3.8) is 0 Å². The zero-order valence-corrected chi connectivity index (χ0v) is 9.78. The zero-order chi connectivity index (χ0) is 14.0. The molecule has 0 aliphatic carbocycles. The molecule has 1 aromatic carbocycles. The number of hydrogen-bond acceptors (Lipinski definition) is 6. The third-order valence-electron chi connectivity index (χ3n) is 2.27. The zero-order valence-electron chi connectivity index (χ0n) is 9.78. The highest BCUT2D eigenvalue weighted by molar-refractivity contribution is 6.03. The van der Waals surface area contributed by atoms with Crippen molar-refractivity contribution in [2.24, 2.45) is 0 Å². The van der Waals surface area contributed by atoms with Crippen molar-refractivity contribution in [3.8, 4) is 5.75 Å². The number of carbonyl (C=O) groups excluding carboxylic acids is 1. The minimum Gasteiger partial charge on any atom is -0.502 e. The van der Waals surface area contributed by atoms with Gasteiger partial charge in [0, 0.05) is 11.6 Å². The van der Waals surface area contributed by atoms with Crippen LogP contribution < -0.4 is 5.32 Å². The van der Waals surface area contributed by atoms with E-state index in [9.17, 15) is 20.0 Å². The van der Waals surface area contributed by atoms with Gasteiger partial charge in [0.05, 0.1) is 10.6 Å². The lowest BCUT2D eigenvalue weighted by Gasteiger charge is -2.02. The summed E-state index contributed by atoms with van der Waals surface area (Å²) in [5.41, 5.74) is 0.185. The van der Waals surface area contributed by atoms with Crippen LogP contribution in [0.25, 0.3) is 0 Å². The van der Waals surface area contributed by atoms with Gasteiger partial charge in [-0.15, -0.1) is 0 Å². The maximum atomic E-state index is 11.8. The van der Waals surface area contributed by atoms with Crippen LogP contribution in [0.1, 0.15) is 16.1 Å². The molecule has 0 radical (unpaired) electrons. The molecule has 0 atom stereocenters. The number of carbonyl (C=O) groups is 1. The summed E-state index contributed by atoms with van der Waals surface area (Å²) in [6.07, 6.45) is 1.36. The van der Waals surface area contributed by atoms with Gasteiger partial charge in [-0.25, -0.2) is 0 Å². The van der Waals surface area contributed by atoms with Crippen molar-refractivity contribution >= 4 is 17.6 Å². The number of rotatable bonds is 3. The number of phenols is 1. The summed E-state index contributed by atoms with van der Waals surface area (Å²) in [7, 11) is 0. The van der Waals surface area contributed by atoms with E-state index >= 15 is 0 Å². The predicted octanol–water partition coefficient (Wildman–Crippen LogP) is 1.85. The molecule has 0 bridgehead atoms. The molecule has 19 heavy (non-hydrogen) atoms. The normalized spacial score (nSPS) is 10.2. The van der Waals surface area contributed by atoms with Crippen LogP contribution in [0.3, 0.4) is 0 Å². The van der Waals surface area contributed by atoms with E-state index in [1.807, 2.05) is 0 Å². The van der Waals surface area contributed by atoms with Crippen molar-refractivity contribution < 1.29 is 19.2 Å². The molecule has 0 aliphatic heterocycles. The first-order valence-corrected chi connectivity index (χ1v) is 5.18. The van der Waals surface area contributed by atoms with E-state index in [4.69, 9.17) is 4.42 Å². The molecule has 2 rings (SSSR count). The maximum absolute atomic E-state index is 11.8. The average molecular weight is 263 g/mol. The van der Waals surface area contributed by atoms with Crippen LogP contribution in [0.4, 0.5) is 11.7 Å². The highest BCUT2D eigenvalue weighted by atomic mass is 16.6. The number of anilines is 1. The Kier molecular flexibility index (Phi) is 3.15. The van der Waals surface area contributed by atoms with Gasteiger partial charge in [-0.1, -0.05) is 0 Å². The van der Waals surface area contributed by atoms with Gasteiger partial charge in [-0.05, 0) is 19.1 Å². The Labute approximate surface area is 106 Å². The van der Waals surface area contributed by atoms with Gasteiger partial charge < -0.3 is 9.52 Å². The molecule has 8 nitrogen and oxygen atoms in total. The minimum atomic E-state index is -0.742. The van der Waals surface area contributed by atoms with Gasteiger partial charge in [-0.2, -0.15) is 4.98 Å². The Bertz CT molecular complexity index is 650. The van der Waals surface area contributed by atoms with Gasteiger partial charge in [0.15, 0.2) is 5.75 Å². The Morgan fingerprint density at radius 2 is 2.26 bits per heavy atom. The summed E-state index contributed by atoms with van der Waals surface area (Å²) < 4.78 is 4.93. The average Bonchev–Trinajstić information content (AvgIpc) is 2.74. The smallest absolute Gasteiger partial charge is 0.310 e. The van der Waals surface area contributed by atoms with Gasteiger partial charge in [-0.3, -0.25) is 20.2 Å². The van der Waals surface area contributed by atoms with Crippen LogP contribution in [-0.4, -0.2) is 20.9 Å². The molecule has 2 aromatic rings. The molecule has 0 saturated carbocycles. The van der Waals surface area contributed by atoms with Crippen molar-refractivity contribution in [1.82, 2.24) is 4.98 Å². The molecule has 0 spiro atoms. The van der Waals surface area contributed by atoms with E-state index in [2.05, 4.69) is 10.3 Å². The van der Waals surface area contributed by atoms with E-state index in [1.54, 1.807) is 6.92 Å². The van der Waals surface area contributed by atoms with E-state index in [-0.39, 0.29) is 11.6 Å². The number of aryl methyl sites for hydroxylation is 1. The van der Waals surface area contributed by atoms with Crippen LogP contribution in [0.2, 0.25) is 0 Å². The topological polar surface area (TPSA) is 118 Å². The first-order chi connectivity index (χ1) is 8.97. The molecule has 0 unspecified atom stereocenters. The molecule has 2 N–H and O–H groups in total. The summed E-state index contributed by atoms with van der Waals surface area (Å²) in [4.78, 5) is 25.4. The largest absolute Gasteiger partial charge is 0.502 e. The number of hydrogen-bond donors (Lipinski definition) is 2. The quantitative estimate of drug-likeness (QED) is 0.644. The van der Waals surface area contributed by atoms with Crippen molar-refractivity contribution in [1.29, 1.82) is 0 Å². The first-order valence-electron chi connectivity index (χ1n) is 5.18. The number of nitro groups is 1. The lowest BCUT2D eigenvalue weighted by molar-refractivity contribution is -0.385. The fourth-order valence-corrected chi connectivity index (χ4v) is 1.40. The molecule has 98 valence electrons. The predicted molar refractivity (Wildman–Crippen MR) is 64.0 cm³/mol. The van der Waals surface area contributed by atoms with Gasteiger partial charge in [0.1, 0.15) is 6.26 Å². The molecule has 0 saturated heterocycles. The summed E-state index contributed by atoms with van der Waals surface area (Å²) in [5.74, 6) is -1.17. The van der Waals surface area contributed by atoms with E-state index in [0.717, 1.165) is 12.1 Å². The van der Waals surface area contributed by atoms with E-state index in [0.29, 0.717) is 5.69 Å². The third kappa shape index (κ3) is 2.68. The number of benzene rings is 1. The Morgan fingerprint density at radius 1 is 1.53 bits per heavy atom. The van der Waals surface area contributed by atoms with E-state index in [1.165, 1.54) is 12.3 Å². The number of aromatic nitrogens is 1. The fraction of sp³-hybridized carbons (Fsp3) is 0.0909. The molecule has 1 heterocycles. The van der Waals surface area contributed by atoms with E-state index < -0.39 is 22.3 Å². The fourth-order valence-electron chi connectivity index (χ4n) is 1.40. The number of amides is 1. The summed E-state index contributed by atoms with van der Waals surface area (Å²) >= 11 is 0. The Balaban J connectivity index is 2.20. The van der Waals surface area contributed by atoms with Gasteiger partial charge in [0.2, 0.25) is 0 Å². The molecule has 0 fully saturated rings. The molecular weight excluding hydrogens is 254 g/mol. The number of phenolic OH excluding ortho intramolecular Hbond substituents is 1. The number of oxazole rings is 1. The number of nitrogens with one attached hydrogen (secondary N) is 1. The van der Waals surface area contributed by atoms with Crippen molar-refractivity contribution in [3.05, 3.63) is 45.8 Å². The summed E-state index contributed by atoms with van der Waals surface area (Å²) in [5, 5.41) is 22.3.